The van der Waals surface area contributed by atoms with Crippen molar-refractivity contribution in [3.05, 3.63) is 30.0 Å². The molecule has 0 spiro atoms. The summed E-state index contributed by atoms with van der Waals surface area (Å²) in [5.41, 5.74) is 0.541. The molecule has 0 atom stereocenters. The van der Waals surface area contributed by atoms with Crippen LogP contribution in [-0.4, -0.2) is 32.5 Å². The Hall–Kier alpha value is -3.03. The van der Waals surface area contributed by atoms with E-state index in [0.29, 0.717) is 12.0 Å². The van der Waals surface area contributed by atoms with Crippen LogP contribution in [0.25, 0.3) is 6.08 Å². The number of unbranched alkanes of at least 4 members (excludes halogenated alkanes) is 1. The van der Waals surface area contributed by atoms with E-state index in [-0.39, 0.29) is 17.5 Å². The van der Waals surface area contributed by atoms with E-state index in [9.17, 15) is 14.4 Å². The number of methoxy groups -OCH3 is 2. The Kier molecular flexibility index (Phi) is 8.56. The summed E-state index contributed by atoms with van der Waals surface area (Å²) >= 11 is 0. The van der Waals surface area contributed by atoms with E-state index in [2.05, 4.69) is 9.47 Å². The van der Waals surface area contributed by atoms with Crippen LogP contribution >= 0.6 is 0 Å². The normalized spacial score (nSPS) is 10.2. The number of esters is 1. The molecule has 0 radical (unpaired) electrons. The molecule has 0 saturated carbocycles. The zero-order chi connectivity index (χ0) is 18.7. The molecule has 136 valence electrons. The predicted octanol–water partition coefficient (Wildman–Crippen LogP) is 3.68. The van der Waals surface area contributed by atoms with Gasteiger partial charge in [-0.3, -0.25) is 4.79 Å². The van der Waals surface area contributed by atoms with Crippen LogP contribution in [0.4, 0.5) is 9.59 Å². The molecule has 0 bridgehead atoms. The van der Waals surface area contributed by atoms with E-state index < -0.39 is 12.3 Å². The number of carbonyl (C=O) groups excluding carboxylic acids is 3. The summed E-state index contributed by atoms with van der Waals surface area (Å²) < 4.78 is 23.5. The zero-order valence-electron chi connectivity index (χ0n) is 14.3. The summed E-state index contributed by atoms with van der Waals surface area (Å²) in [5, 5.41) is 0. The fraction of sp³-hybridized carbons (Fsp3) is 0.353. The minimum Gasteiger partial charge on any atom is -0.437 e. The van der Waals surface area contributed by atoms with Gasteiger partial charge in [0.2, 0.25) is 0 Å². The molecule has 0 unspecified atom stereocenters. The maximum Gasteiger partial charge on any atom is 0.513 e. The quantitative estimate of drug-likeness (QED) is 0.317. The van der Waals surface area contributed by atoms with Crippen LogP contribution in [0.2, 0.25) is 0 Å². The molecule has 0 aliphatic heterocycles. The van der Waals surface area contributed by atoms with Crippen molar-refractivity contribution >= 4 is 24.4 Å². The highest BCUT2D eigenvalue weighted by Gasteiger charge is 2.14. The zero-order valence-corrected chi connectivity index (χ0v) is 14.3. The van der Waals surface area contributed by atoms with Crippen LogP contribution in [0.5, 0.6) is 11.5 Å². The summed E-state index contributed by atoms with van der Waals surface area (Å²) in [6.45, 7) is 1.98. The molecule has 1 aromatic rings. The largest absolute Gasteiger partial charge is 0.513 e. The van der Waals surface area contributed by atoms with Gasteiger partial charge in [-0.15, -0.1) is 0 Å². The number of benzene rings is 1. The number of hydrogen-bond donors (Lipinski definition) is 0. The van der Waals surface area contributed by atoms with E-state index in [1.807, 2.05) is 6.92 Å². The number of hydrogen-bond acceptors (Lipinski definition) is 8. The van der Waals surface area contributed by atoms with Crippen molar-refractivity contribution in [2.45, 2.75) is 26.2 Å². The number of ether oxygens (including phenoxy) is 5. The van der Waals surface area contributed by atoms with Gasteiger partial charge < -0.3 is 23.7 Å². The van der Waals surface area contributed by atoms with E-state index in [1.165, 1.54) is 24.5 Å². The second kappa shape index (κ2) is 10.7. The van der Waals surface area contributed by atoms with Gasteiger partial charge in [0.15, 0.2) is 11.5 Å². The van der Waals surface area contributed by atoms with Crippen molar-refractivity contribution < 1.29 is 38.1 Å². The first-order valence-electron chi connectivity index (χ1n) is 7.51. The van der Waals surface area contributed by atoms with Crippen LogP contribution < -0.4 is 9.47 Å². The van der Waals surface area contributed by atoms with Gasteiger partial charge in [-0.25, -0.2) is 9.59 Å². The van der Waals surface area contributed by atoms with Gasteiger partial charge in [-0.2, -0.15) is 0 Å². The molecule has 0 heterocycles. The number of rotatable bonds is 7. The lowest BCUT2D eigenvalue weighted by molar-refractivity contribution is -0.138. The molecule has 0 N–H and O–H groups in total. The summed E-state index contributed by atoms with van der Waals surface area (Å²) in [4.78, 5) is 33.9. The lowest BCUT2D eigenvalue weighted by Gasteiger charge is -2.09. The highest BCUT2D eigenvalue weighted by Crippen LogP contribution is 2.29. The van der Waals surface area contributed by atoms with E-state index in [4.69, 9.17) is 14.2 Å². The van der Waals surface area contributed by atoms with Gasteiger partial charge in [0, 0.05) is 6.42 Å². The lowest BCUT2D eigenvalue weighted by Crippen LogP contribution is -2.12. The van der Waals surface area contributed by atoms with Crippen molar-refractivity contribution in [3.63, 3.8) is 0 Å². The minimum absolute atomic E-state index is 0.0330. The Morgan fingerprint density at radius 1 is 1.00 bits per heavy atom. The second-order valence-corrected chi connectivity index (χ2v) is 4.71. The molecule has 1 rings (SSSR count). The maximum absolute atomic E-state index is 11.4. The lowest BCUT2D eigenvalue weighted by atomic mass is 10.2. The Balaban J connectivity index is 2.87. The SMILES string of the molecule is CCCCC(=O)O/C=C/c1ccc(OC(=O)OC)c(OC(=O)OC)c1. The highest BCUT2D eigenvalue weighted by molar-refractivity contribution is 5.72. The smallest absolute Gasteiger partial charge is 0.437 e. The summed E-state index contributed by atoms with van der Waals surface area (Å²) in [6.07, 6.45) is 2.76. The number of carbonyl (C=O) groups is 3. The Labute approximate surface area is 145 Å². The molecule has 25 heavy (non-hydrogen) atoms. The first kappa shape index (κ1) is 20.0. The third kappa shape index (κ3) is 7.38. The van der Waals surface area contributed by atoms with Gasteiger partial charge >= 0.3 is 18.3 Å². The molecule has 8 nitrogen and oxygen atoms in total. The van der Waals surface area contributed by atoms with Crippen LogP contribution in [0, 0.1) is 0 Å². The van der Waals surface area contributed by atoms with E-state index in [0.717, 1.165) is 27.1 Å². The molecule has 0 aliphatic carbocycles. The van der Waals surface area contributed by atoms with Crippen LogP contribution in [0.15, 0.2) is 24.5 Å². The Bertz CT molecular complexity index is 636. The average molecular weight is 352 g/mol. The van der Waals surface area contributed by atoms with Gasteiger partial charge in [-0.05, 0) is 30.2 Å². The van der Waals surface area contributed by atoms with Crippen LogP contribution in [0.1, 0.15) is 31.7 Å². The van der Waals surface area contributed by atoms with Gasteiger partial charge in [0.25, 0.3) is 0 Å². The molecule has 0 saturated heterocycles. The summed E-state index contributed by atoms with van der Waals surface area (Å²) in [6, 6.07) is 4.37. The van der Waals surface area contributed by atoms with Crippen molar-refractivity contribution in [1.29, 1.82) is 0 Å². The molecule has 1 aromatic carbocycles. The molecule has 0 aromatic heterocycles. The Morgan fingerprint density at radius 2 is 1.64 bits per heavy atom. The monoisotopic (exact) mass is 352 g/mol. The molecule has 0 aliphatic rings. The van der Waals surface area contributed by atoms with Gasteiger partial charge in [0.05, 0.1) is 20.5 Å². The Morgan fingerprint density at radius 3 is 2.24 bits per heavy atom. The molecule has 8 heteroatoms. The second-order valence-electron chi connectivity index (χ2n) is 4.71. The third-order valence-electron chi connectivity index (χ3n) is 2.88. The van der Waals surface area contributed by atoms with Crippen LogP contribution in [-0.2, 0) is 19.0 Å². The summed E-state index contributed by atoms with van der Waals surface area (Å²) in [7, 11) is 2.29. The van der Waals surface area contributed by atoms with Crippen LogP contribution in [0.3, 0.4) is 0 Å². The molecular weight excluding hydrogens is 332 g/mol. The predicted molar refractivity (Wildman–Crippen MR) is 87.2 cm³/mol. The van der Waals surface area contributed by atoms with Crippen molar-refractivity contribution in [2.75, 3.05) is 14.2 Å². The fourth-order valence-corrected chi connectivity index (χ4v) is 1.62. The van der Waals surface area contributed by atoms with Gasteiger partial charge in [-0.1, -0.05) is 19.4 Å². The van der Waals surface area contributed by atoms with Crippen molar-refractivity contribution in [1.82, 2.24) is 0 Å². The van der Waals surface area contributed by atoms with E-state index >= 15 is 0 Å². The average Bonchev–Trinajstić information content (AvgIpc) is 2.61. The molecule has 0 amide bonds. The first-order chi connectivity index (χ1) is 12.0. The minimum atomic E-state index is -0.984. The highest BCUT2D eigenvalue weighted by atomic mass is 16.7. The van der Waals surface area contributed by atoms with Crippen molar-refractivity contribution in [3.8, 4) is 11.5 Å². The van der Waals surface area contributed by atoms with Crippen molar-refractivity contribution in [2.24, 2.45) is 0 Å². The third-order valence-corrected chi connectivity index (χ3v) is 2.88. The first-order valence-corrected chi connectivity index (χ1v) is 7.51. The van der Waals surface area contributed by atoms with E-state index in [1.54, 1.807) is 6.07 Å². The topological polar surface area (TPSA) is 97.4 Å². The standard InChI is InChI=1S/C17H20O8/c1-4-5-6-15(18)23-10-9-12-7-8-13(24-16(19)21-2)14(11-12)25-17(20)22-3/h7-11H,4-6H2,1-3H3/b10-9+. The maximum atomic E-state index is 11.4. The fourth-order valence-electron chi connectivity index (χ4n) is 1.62. The molecular formula is C17H20O8. The molecule has 0 fully saturated rings. The van der Waals surface area contributed by atoms with Gasteiger partial charge in [0.1, 0.15) is 0 Å². The summed E-state index contributed by atoms with van der Waals surface area (Å²) in [5.74, 6) is -0.430.